The van der Waals surface area contributed by atoms with Crippen molar-refractivity contribution in [1.82, 2.24) is 15.1 Å². The molecule has 1 N–H and O–H groups in total. The van der Waals surface area contributed by atoms with E-state index < -0.39 is 0 Å². The van der Waals surface area contributed by atoms with Crippen LogP contribution in [-0.4, -0.2) is 53.5 Å². The zero-order valence-electron chi connectivity index (χ0n) is 16.8. The second-order valence-electron chi connectivity index (χ2n) is 9.03. The van der Waals surface area contributed by atoms with E-state index in [9.17, 15) is 4.79 Å². The Labute approximate surface area is 164 Å². The number of nitrogens with one attached hydrogen (secondary N) is 1. The molecular formula is C23H35N3O. The fraction of sp³-hybridized carbons (Fsp3) is 0.696. The summed E-state index contributed by atoms with van der Waals surface area (Å²) in [5.41, 5.74) is 1.59. The maximum absolute atomic E-state index is 13.3. The van der Waals surface area contributed by atoms with Crippen molar-refractivity contribution in [2.24, 2.45) is 5.92 Å². The van der Waals surface area contributed by atoms with Gasteiger partial charge in [0.05, 0.1) is 0 Å². The van der Waals surface area contributed by atoms with Crippen molar-refractivity contribution >= 4 is 5.91 Å². The Bertz CT molecular complexity index is 626. The quantitative estimate of drug-likeness (QED) is 0.887. The molecule has 1 aliphatic carbocycles. The van der Waals surface area contributed by atoms with Crippen molar-refractivity contribution in [2.45, 2.75) is 70.0 Å². The molecule has 4 heteroatoms. The average molecular weight is 370 g/mol. The Morgan fingerprint density at radius 1 is 1.15 bits per heavy atom. The fourth-order valence-corrected chi connectivity index (χ4v) is 5.55. The van der Waals surface area contributed by atoms with E-state index in [4.69, 9.17) is 0 Å². The number of rotatable bonds is 3. The zero-order chi connectivity index (χ0) is 18.7. The summed E-state index contributed by atoms with van der Waals surface area (Å²) in [5.74, 6) is 0.648. The second-order valence-corrected chi connectivity index (χ2v) is 9.03. The van der Waals surface area contributed by atoms with Crippen molar-refractivity contribution in [3.05, 3.63) is 35.9 Å². The number of hydrogen-bond acceptors (Lipinski definition) is 3. The molecule has 148 valence electrons. The molecular weight excluding hydrogens is 334 g/mol. The minimum absolute atomic E-state index is 0.195. The van der Waals surface area contributed by atoms with Gasteiger partial charge in [-0.25, -0.2) is 0 Å². The maximum atomic E-state index is 13.3. The fourth-order valence-electron chi connectivity index (χ4n) is 5.55. The van der Waals surface area contributed by atoms with E-state index in [0.29, 0.717) is 11.9 Å². The monoisotopic (exact) mass is 369 g/mol. The maximum Gasteiger partial charge on any atom is 0.225 e. The lowest BCUT2D eigenvalue weighted by Gasteiger charge is -2.53. The Kier molecular flexibility index (Phi) is 5.84. The smallest absolute Gasteiger partial charge is 0.225 e. The van der Waals surface area contributed by atoms with Crippen LogP contribution in [0.15, 0.2) is 30.3 Å². The van der Waals surface area contributed by atoms with Gasteiger partial charge in [-0.3, -0.25) is 9.69 Å². The lowest BCUT2D eigenvalue weighted by molar-refractivity contribution is -0.144. The number of amides is 1. The highest BCUT2D eigenvalue weighted by Crippen LogP contribution is 2.38. The summed E-state index contributed by atoms with van der Waals surface area (Å²) in [4.78, 5) is 18.2. The summed E-state index contributed by atoms with van der Waals surface area (Å²) in [6, 6.07) is 11.3. The summed E-state index contributed by atoms with van der Waals surface area (Å²) < 4.78 is 0. The summed E-state index contributed by atoms with van der Waals surface area (Å²) in [7, 11) is 0. The SMILES string of the molecule is C[C@H]1C[C@@H](C(=O)N2CCN(Cc3ccccc3)C3(CCCCC3)C2)CCN1. The van der Waals surface area contributed by atoms with Crippen molar-refractivity contribution < 1.29 is 4.79 Å². The molecule has 2 aliphatic heterocycles. The van der Waals surface area contributed by atoms with Crippen LogP contribution in [0.1, 0.15) is 57.4 Å². The predicted octanol–water partition coefficient (Wildman–Crippen LogP) is 3.42. The van der Waals surface area contributed by atoms with Crippen LogP contribution in [0.5, 0.6) is 0 Å². The molecule has 27 heavy (non-hydrogen) atoms. The molecule has 3 fully saturated rings. The lowest BCUT2D eigenvalue weighted by Crippen LogP contribution is -2.64. The molecule has 2 atom stereocenters. The molecule has 2 saturated heterocycles. The Hall–Kier alpha value is -1.39. The van der Waals surface area contributed by atoms with Crippen molar-refractivity contribution in [3.63, 3.8) is 0 Å². The van der Waals surface area contributed by atoms with E-state index in [-0.39, 0.29) is 11.5 Å². The van der Waals surface area contributed by atoms with Gasteiger partial charge in [0.15, 0.2) is 0 Å². The third kappa shape index (κ3) is 4.22. The summed E-state index contributed by atoms with van der Waals surface area (Å²) in [6.07, 6.45) is 8.44. The van der Waals surface area contributed by atoms with Crippen LogP contribution in [0.2, 0.25) is 0 Å². The van der Waals surface area contributed by atoms with Gasteiger partial charge in [-0.05, 0) is 44.7 Å². The molecule has 1 saturated carbocycles. The average Bonchev–Trinajstić information content (AvgIpc) is 2.70. The van der Waals surface area contributed by atoms with Gasteiger partial charge in [0.1, 0.15) is 0 Å². The highest BCUT2D eigenvalue weighted by Gasteiger charge is 2.44. The number of carbonyl (C=O) groups is 1. The molecule has 4 nitrogen and oxygen atoms in total. The molecule has 1 amide bonds. The van der Waals surface area contributed by atoms with E-state index in [1.165, 1.54) is 37.7 Å². The highest BCUT2D eigenvalue weighted by atomic mass is 16.2. The Balaban J connectivity index is 1.48. The van der Waals surface area contributed by atoms with Crippen molar-refractivity contribution in [2.75, 3.05) is 26.2 Å². The molecule has 3 aliphatic rings. The summed E-state index contributed by atoms with van der Waals surface area (Å²) in [5, 5.41) is 3.48. The first kappa shape index (κ1) is 18.9. The first-order chi connectivity index (χ1) is 13.2. The number of benzene rings is 1. The summed E-state index contributed by atoms with van der Waals surface area (Å²) >= 11 is 0. The van der Waals surface area contributed by atoms with Crippen LogP contribution < -0.4 is 5.32 Å². The number of hydrogen-bond donors (Lipinski definition) is 1. The molecule has 1 aromatic carbocycles. The molecule has 1 spiro atoms. The number of carbonyl (C=O) groups excluding carboxylic acids is 1. The van der Waals surface area contributed by atoms with Crippen LogP contribution in [0.3, 0.4) is 0 Å². The van der Waals surface area contributed by atoms with Crippen LogP contribution in [0.4, 0.5) is 0 Å². The number of piperazine rings is 1. The Morgan fingerprint density at radius 2 is 1.93 bits per heavy atom. The molecule has 2 heterocycles. The van der Waals surface area contributed by atoms with Gasteiger partial charge in [0.25, 0.3) is 0 Å². The van der Waals surface area contributed by atoms with Gasteiger partial charge in [-0.2, -0.15) is 0 Å². The van der Waals surface area contributed by atoms with Crippen LogP contribution in [-0.2, 0) is 11.3 Å². The minimum atomic E-state index is 0.195. The normalized spacial score (nSPS) is 29.0. The number of piperidine rings is 1. The highest BCUT2D eigenvalue weighted by molar-refractivity contribution is 5.79. The molecule has 0 bridgehead atoms. The predicted molar refractivity (Wildman–Crippen MR) is 109 cm³/mol. The van der Waals surface area contributed by atoms with Crippen LogP contribution in [0.25, 0.3) is 0 Å². The molecule has 0 aromatic heterocycles. The Morgan fingerprint density at radius 3 is 2.67 bits per heavy atom. The van der Waals surface area contributed by atoms with Gasteiger partial charge < -0.3 is 10.2 Å². The third-order valence-electron chi connectivity index (χ3n) is 7.08. The standard InChI is InChI=1S/C23H35N3O/c1-19-16-21(10-13-24-19)22(27)25-14-15-26(17-20-8-4-2-5-9-20)23(18-25)11-6-3-7-12-23/h2,4-5,8-9,19,21,24H,3,6-7,10-18H2,1H3/t19-,21-/m0/s1. The van der Waals surface area contributed by atoms with Gasteiger partial charge in [0, 0.05) is 43.7 Å². The molecule has 4 rings (SSSR count). The zero-order valence-corrected chi connectivity index (χ0v) is 16.8. The van der Waals surface area contributed by atoms with Gasteiger partial charge >= 0.3 is 0 Å². The van der Waals surface area contributed by atoms with Gasteiger partial charge in [0.2, 0.25) is 5.91 Å². The van der Waals surface area contributed by atoms with Crippen molar-refractivity contribution in [3.8, 4) is 0 Å². The van der Waals surface area contributed by atoms with Gasteiger partial charge in [-0.1, -0.05) is 49.6 Å². The first-order valence-corrected chi connectivity index (χ1v) is 11.0. The van der Waals surface area contributed by atoms with E-state index in [1.54, 1.807) is 0 Å². The minimum Gasteiger partial charge on any atom is -0.339 e. The van der Waals surface area contributed by atoms with E-state index in [1.807, 2.05) is 0 Å². The second kappa shape index (κ2) is 8.32. The molecule has 0 radical (unpaired) electrons. The van der Waals surface area contributed by atoms with E-state index >= 15 is 0 Å². The lowest BCUT2D eigenvalue weighted by atomic mass is 9.78. The van der Waals surface area contributed by atoms with E-state index in [0.717, 1.165) is 45.6 Å². The van der Waals surface area contributed by atoms with Crippen LogP contribution >= 0.6 is 0 Å². The summed E-state index contributed by atoms with van der Waals surface area (Å²) in [6.45, 7) is 7.06. The first-order valence-electron chi connectivity index (χ1n) is 11.0. The number of nitrogens with zero attached hydrogens (tertiary/aromatic N) is 2. The van der Waals surface area contributed by atoms with Crippen molar-refractivity contribution in [1.29, 1.82) is 0 Å². The van der Waals surface area contributed by atoms with Gasteiger partial charge in [-0.15, -0.1) is 0 Å². The van der Waals surface area contributed by atoms with Crippen LogP contribution in [0, 0.1) is 5.92 Å². The third-order valence-corrected chi connectivity index (χ3v) is 7.08. The molecule has 0 unspecified atom stereocenters. The largest absolute Gasteiger partial charge is 0.339 e. The topological polar surface area (TPSA) is 35.6 Å². The molecule has 1 aromatic rings. The van der Waals surface area contributed by atoms with E-state index in [2.05, 4.69) is 52.4 Å².